The minimum atomic E-state index is -0.140. The summed E-state index contributed by atoms with van der Waals surface area (Å²) < 4.78 is 0. The van der Waals surface area contributed by atoms with E-state index in [0.717, 1.165) is 28.5 Å². The van der Waals surface area contributed by atoms with Crippen LogP contribution in [0.2, 0.25) is 5.02 Å². The fraction of sp³-hybridized carbons (Fsp3) is 0.238. The topological polar surface area (TPSA) is 57.8 Å². The molecule has 0 fully saturated rings. The third-order valence-corrected chi connectivity index (χ3v) is 5.48. The number of hydrogen-bond donors (Lipinski definition) is 2. The molecule has 4 nitrogen and oxygen atoms in total. The third-order valence-electron chi connectivity index (χ3n) is 4.27. The number of imidazole rings is 1. The number of hydrogen-bond acceptors (Lipinski definition) is 3. The zero-order valence-corrected chi connectivity index (χ0v) is 16.9. The monoisotopic (exact) mass is 399 g/mol. The summed E-state index contributed by atoms with van der Waals surface area (Å²) in [4.78, 5) is 20.2. The Hall–Kier alpha value is -2.24. The Morgan fingerprint density at radius 1 is 1.19 bits per heavy atom. The van der Waals surface area contributed by atoms with Crippen molar-refractivity contribution in [3.05, 3.63) is 82.1 Å². The quantitative estimate of drug-likeness (QED) is 0.553. The highest BCUT2D eigenvalue weighted by Crippen LogP contribution is 2.23. The van der Waals surface area contributed by atoms with E-state index >= 15 is 0 Å². The summed E-state index contributed by atoms with van der Waals surface area (Å²) in [6, 6.07) is 17.6. The largest absolute Gasteiger partial charge is 0.349 e. The molecule has 0 aliphatic carbocycles. The molecule has 1 heterocycles. The molecule has 0 bridgehead atoms. The van der Waals surface area contributed by atoms with Gasteiger partial charge >= 0.3 is 0 Å². The number of rotatable bonds is 7. The predicted molar refractivity (Wildman–Crippen MR) is 111 cm³/mol. The fourth-order valence-corrected chi connectivity index (χ4v) is 3.87. The van der Waals surface area contributed by atoms with E-state index in [1.165, 1.54) is 17.3 Å². The van der Waals surface area contributed by atoms with Gasteiger partial charge in [-0.3, -0.25) is 4.79 Å². The Bertz CT molecular complexity index is 911. The smallest absolute Gasteiger partial charge is 0.230 e. The van der Waals surface area contributed by atoms with Crippen molar-refractivity contribution in [2.45, 2.75) is 31.5 Å². The van der Waals surface area contributed by atoms with Gasteiger partial charge in [-0.05, 0) is 31.0 Å². The molecule has 2 aromatic carbocycles. The molecule has 2 N–H and O–H groups in total. The van der Waals surface area contributed by atoms with Crippen LogP contribution in [-0.2, 0) is 11.2 Å². The van der Waals surface area contributed by atoms with Gasteiger partial charge in [-0.25, -0.2) is 4.98 Å². The van der Waals surface area contributed by atoms with Crippen LogP contribution < -0.4 is 5.32 Å². The van der Waals surface area contributed by atoms with E-state index in [0.29, 0.717) is 10.8 Å². The molecule has 0 unspecified atom stereocenters. The average Bonchev–Trinajstić information content (AvgIpc) is 3.00. The summed E-state index contributed by atoms with van der Waals surface area (Å²) in [5, 5.41) is 4.40. The highest BCUT2D eigenvalue weighted by atomic mass is 35.5. The van der Waals surface area contributed by atoms with Gasteiger partial charge < -0.3 is 10.3 Å². The van der Waals surface area contributed by atoms with E-state index in [-0.39, 0.29) is 11.9 Å². The molecule has 1 aromatic heterocycles. The standard InChI is InChI=1S/C21H22ClN3OS/c1-14(17-10-6-7-11-18(17)22)23-20(26)13-27-21-24-15(2)19(25-21)12-16-8-4-3-5-9-16/h3-11,14H,12-13H2,1-2H3,(H,23,26)(H,24,25)/t14-/m0/s1. The number of amides is 1. The van der Waals surface area contributed by atoms with E-state index in [1.807, 2.05) is 56.3 Å². The summed E-state index contributed by atoms with van der Waals surface area (Å²) in [6.07, 6.45) is 0.777. The van der Waals surface area contributed by atoms with Gasteiger partial charge in [-0.1, -0.05) is 71.9 Å². The minimum absolute atomic E-state index is 0.0499. The number of aromatic amines is 1. The number of halogens is 1. The lowest BCUT2D eigenvalue weighted by atomic mass is 10.1. The van der Waals surface area contributed by atoms with Crippen LogP contribution in [0.3, 0.4) is 0 Å². The second-order valence-corrected chi connectivity index (χ2v) is 7.75. The van der Waals surface area contributed by atoms with E-state index < -0.39 is 0 Å². The molecule has 140 valence electrons. The van der Waals surface area contributed by atoms with Crippen LogP contribution in [0, 0.1) is 6.92 Å². The molecule has 0 spiro atoms. The van der Waals surface area contributed by atoms with Gasteiger partial charge in [-0.2, -0.15) is 0 Å². The van der Waals surface area contributed by atoms with Gasteiger partial charge in [0, 0.05) is 17.1 Å². The molecule has 3 rings (SSSR count). The van der Waals surface area contributed by atoms with Gasteiger partial charge in [0.05, 0.1) is 17.5 Å². The predicted octanol–water partition coefficient (Wildman–Crippen LogP) is 4.93. The molecule has 1 amide bonds. The van der Waals surface area contributed by atoms with Crippen LogP contribution in [0.4, 0.5) is 0 Å². The van der Waals surface area contributed by atoms with Gasteiger partial charge in [0.15, 0.2) is 5.16 Å². The molecule has 1 atom stereocenters. The van der Waals surface area contributed by atoms with Crippen LogP contribution in [0.25, 0.3) is 0 Å². The zero-order valence-electron chi connectivity index (χ0n) is 15.3. The lowest BCUT2D eigenvalue weighted by Crippen LogP contribution is -2.28. The lowest BCUT2D eigenvalue weighted by molar-refractivity contribution is -0.119. The maximum Gasteiger partial charge on any atom is 0.230 e. The van der Waals surface area contributed by atoms with Crippen LogP contribution in [0.15, 0.2) is 59.8 Å². The maximum absolute atomic E-state index is 12.3. The average molecular weight is 400 g/mol. The number of carbonyl (C=O) groups is 1. The van der Waals surface area contributed by atoms with E-state index in [4.69, 9.17) is 11.6 Å². The van der Waals surface area contributed by atoms with Crippen molar-refractivity contribution in [1.29, 1.82) is 0 Å². The number of aromatic nitrogens is 2. The number of aryl methyl sites for hydroxylation is 1. The van der Waals surface area contributed by atoms with Gasteiger partial charge in [0.2, 0.25) is 5.91 Å². The summed E-state index contributed by atoms with van der Waals surface area (Å²) in [5.74, 6) is 0.248. The molecule has 27 heavy (non-hydrogen) atoms. The Kier molecular flexibility index (Phi) is 6.58. The second kappa shape index (κ2) is 9.11. The number of H-pyrrole nitrogens is 1. The summed E-state index contributed by atoms with van der Waals surface area (Å²) in [7, 11) is 0. The summed E-state index contributed by atoms with van der Waals surface area (Å²) in [6.45, 7) is 3.94. The highest BCUT2D eigenvalue weighted by Gasteiger charge is 2.14. The number of benzene rings is 2. The van der Waals surface area contributed by atoms with Crippen LogP contribution in [0.5, 0.6) is 0 Å². The number of nitrogens with zero attached hydrogens (tertiary/aromatic N) is 1. The SMILES string of the molecule is Cc1[nH]c(SCC(=O)N[C@@H](C)c2ccccc2Cl)nc1Cc1ccccc1. The molecule has 0 saturated heterocycles. The zero-order chi connectivity index (χ0) is 19.2. The van der Waals surface area contributed by atoms with Crippen molar-refractivity contribution in [2.24, 2.45) is 0 Å². The molecular formula is C21H22ClN3OS. The Morgan fingerprint density at radius 3 is 2.63 bits per heavy atom. The first-order valence-corrected chi connectivity index (χ1v) is 10.2. The Balaban J connectivity index is 1.55. The van der Waals surface area contributed by atoms with E-state index in [2.05, 4.69) is 27.4 Å². The highest BCUT2D eigenvalue weighted by molar-refractivity contribution is 7.99. The lowest BCUT2D eigenvalue weighted by Gasteiger charge is -2.15. The third kappa shape index (κ3) is 5.37. The Labute approximate surface area is 168 Å². The van der Waals surface area contributed by atoms with Crippen molar-refractivity contribution in [3.8, 4) is 0 Å². The minimum Gasteiger partial charge on any atom is -0.349 e. The second-order valence-electron chi connectivity index (χ2n) is 6.38. The maximum atomic E-state index is 12.3. The van der Waals surface area contributed by atoms with Gasteiger partial charge in [0.1, 0.15) is 0 Å². The normalized spacial score (nSPS) is 12.0. The van der Waals surface area contributed by atoms with E-state index in [9.17, 15) is 4.79 Å². The van der Waals surface area contributed by atoms with Crippen LogP contribution >= 0.6 is 23.4 Å². The first-order valence-electron chi connectivity index (χ1n) is 8.79. The number of thioether (sulfide) groups is 1. The van der Waals surface area contributed by atoms with Crippen LogP contribution in [0.1, 0.15) is 35.5 Å². The summed E-state index contributed by atoms with van der Waals surface area (Å²) >= 11 is 7.59. The van der Waals surface area contributed by atoms with Crippen molar-refractivity contribution >= 4 is 29.3 Å². The fourth-order valence-electron chi connectivity index (χ4n) is 2.82. The Morgan fingerprint density at radius 2 is 1.89 bits per heavy atom. The van der Waals surface area contributed by atoms with Crippen molar-refractivity contribution < 1.29 is 4.79 Å². The first-order chi connectivity index (χ1) is 13.0. The number of nitrogens with one attached hydrogen (secondary N) is 2. The van der Waals surface area contributed by atoms with Crippen molar-refractivity contribution in [3.63, 3.8) is 0 Å². The van der Waals surface area contributed by atoms with Crippen molar-refractivity contribution in [2.75, 3.05) is 5.75 Å². The van der Waals surface area contributed by atoms with Gasteiger partial charge in [-0.15, -0.1) is 0 Å². The molecule has 6 heteroatoms. The molecule has 0 aliphatic heterocycles. The van der Waals surface area contributed by atoms with Gasteiger partial charge in [0.25, 0.3) is 0 Å². The molecular weight excluding hydrogens is 378 g/mol. The van der Waals surface area contributed by atoms with E-state index in [1.54, 1.807) is 0 Å². The summed E-state index contributed by atoms with van der Waals surface area (Å²) in [5.41, 5.74) is 4.17. The first kappa shape index (κ1) is 19.5. The molecule has 0 saturated carbocycles. The number of carbonyl (C=O) groups excluding carboxylic acids is 1. The van der Waals surface area contributed by atoms with Crippen molar-refractivity contribution in [1.82, 2.24) is 15.3 Å². The molecule has 0 radical (unpaired) electrons. The molecule has 3 aromatic rings. The molecule has 0 aliphatic rings. The van der Waals surface area contributed by atoms with Crippen LogP contribution in [-0.4, -0.2) is 21.6 Å².